The van der Waals surface area contributed by atoms with Crippen LogP contribution in [0.2, 0.25) is 0 Å². The van der Waals surface area contributed by atoms with E-state index in [0.29, 0.717) is 25.6 Å². The Labute approximate surface area is 121 Å². The van der Waals surface area contributed by atoms with Crippen molar-refractivity contribution in [3.8, 4) is 5.75 Å². The van der Waals surface area contributed by atoms with E-state index in [0.717, 1.165) is 11.3 Å². The van der Waals surface area contributed by atoms with Crippen LogP contribution in [0.5, 0.6) is 5.75 Å². The van der Waals surface area contributed by atoms with E-state index in [1.807, 2.05) is 24.3 Å². The fraction of sp³-hybridized carbons (Fsp3) is 0.562. The lowest BCUT2D eigenvalue weighted by molar-refractivity contribution is -0.149. The van der Waals surface area contributed by atoms with E-state index in [9.17, 15) is 4.79 Å². The van der Waals surface area contributed by atoms with Gasteiger partial charge in [0.05, 0.1) is 13.2 Å². The van der Waals surface area contributed by atoms with Gasteiger partial charge in [0.2, 0.25) is 0 Å². The number of nitrogens with two attached hydrogens (primary N) is 1. The van der Waals surface area contributed by atoms with E-state index in [1.54, 1.807) is 13.8 Å². The first-order chi connectivity index (χ1) is 9.38. The Balaban J connectivity index is 2.58. The van der Waals surface area contributed by atoms with Crippen LogP contribution in [0.15, 0.2) is 24.3 Å². The van der Waals surface area contributed by atoms with Crippen LogP contribution in [0.4, 0.5) is 0 Å². The zero-order valence-corrected chi connectivity index (χ0v) is 12.8. The summed E-state index contributed by atoms with van der Waals surface area (Å²) in [6.07, 6.45) is 0.415. The average Bonchev–Trinajstić information content (AvgIpc) is 2.39. The van der Waals surface area contributed by atoms with Crippen LogP contribution in [0.3, 0.4) is 0 Å². The molecule has 0 aliphatic rings. The van der Waals surface area contributed by atoms with Crippen molar-refractivity contribution in [1.29, 1.82) is 0 Å². The lowest BCUT2D eigenvalue weighted by Gasteiger charge is -2.22. The Morgan fingerprint density at radius 2 is 2.00 bits per heavy atom. The molecule has 0 fully saturated rings. The molecule has 4 nitrogen and oxygen atoms in total. The quantitative estimate of drug-likeness (QED) is 0.780. The van der Waals surface area contributed by atoms with Gasteiger partial charge in [-0.25, -0.2) is 0 Å². The number of rotatable bonds is 7. The van der Waals surface area contributed by atoms with Crippen molar-refractivity contribution in [2.45, 2.75) is 45.6 Å². The molecular formula is C16H25NO3. The zero-order chi connectivity index (χ0) is 15.2. The van der Waals surface area contributed by atoms with E-state index < -0.39 is 5.54 Å². The molecule has 0 saturated heterocycles. The summed E-state index contributed by atoms with van der Waals surface area (Å²) < 4.78 is 10.7. The first-order valence-corrected chi connectivity index (χ1v) is 7.06. The smallest absolute Gasteiger partial charge is 0.325 e. The molecule has 20 heavy (non-hydrogen) atoms. The molecule has 0 amide bonds. The first kappa shape index (κ1) is 16.5. The second kappa shape index (κ2) is 7.29. The number of para-hydroxylation sites is 1. The molecule has 0 spiro atoms. The molecule has 1 aromatic carbocycles. The maximum Gasteiger partial charge on any atom is 0.325 e. The van der Waals surface area contributed by atoms with Gasteiger partial charge in [-0.2, -0.15) is 0 Å². The van der Waals surface area contributed by atoms with Gasteiger partial charge in [0.1, 0.15) is 11.3 Å². The number of benzene rings is 1. The highest BCUT2D eigenvalue weighted by Crippen LogP contribution is 2.26. The van der Waals surface area contributed by atoms with Crippen LogP contribution >= 0.6 is 0 Å². The summed E-state index contributed by atoms with van der Waals surface area (Å²) >= 11 is 0. The molecule has 1 unspecified atom stereocenters. The lowest BCUT2D eigenvalue weighted by atomic mass is 10.00. The minimum Gasteiger partial charge on any atom is -0.493 e. The molecule has 0 radical (unpaired) electrons. The van der Waals surface area contributed by atoms with Crippen LogP contribution in [0, 0.1) is 0 Å². The second-order valence-electron chi connectivity index (χ2n) is 5.43. The van der Waals surface area contributed by atoms with Crippen LogP contribution in [0.25, 0.3) is 0 Å². The maximum absolute atomic E-state index is 11.7. The summed E-state index contributed by atoms with van der Waals surface area (Å²) in [5, 5.41) is 0. The number of ether oxygens (including phenoxy) is 2. The Morgan fingerprint density at radius 1 is 1.35 bits per heavy atom. The Morgan fingerprint density at radius 3 is 2.60 bits per heavy atom. The molecule has 4 heteroatoms. The van der Waals surface area contributed by atoms with E-state index in [4.69, 9.17) is 15.2 Å². The molecule has 1 aromatic rings. The van der Waals surface area contributed by atoms with E-state index >= 15 is 0 Å². The SMILES string of the molecule is CCOC(=O)C(C)(N)CCOc1ccccc1C(C)C. The van der Waals surface area contributed by atoms with Gasteiger partial charge >= 0.3 is 5.97 Å². The maximum atomic E-state index is 11.7. The lowest BCUT2D eigenvalue weighted by Crippen LogP contribution is -2.47. The molecule has 1 atom stereocenters. The summed E-state index contributed by atoms with van der Waals surface area (Å²) in [6, 6.07) is 7.92. The fourth-order valence-corrected chi connectivity index (χ4v) is 1.86. The summed E-state index contributed by atoms with van der Waals surface area (Å²) in [6.45, 7) is 8.39. The zero-order valence-electron chi connectivity index (χ0n) is 12.8. The van der Waals surface area contributed by atoms with E-state index in [-0.39, 0.29) is 5.97 Å². The van der Waals surface area contributed by atoms with Crippen molar-refractivity contribution < 1.29 is 14.3 Å². The summed E-state index contributed by atoms with van der Waals surface area (Å²) in [4.78, 5) is 11.7. The van der Waals surface area contributed by atoms with Crippen molar-refractivity contribution in [3.05, 3.63) is 29.8 Å². The van der Waals surface area contributed by atoms with Gasteiger partial charge in [0.15, 0.2) is 0 Å². The molecule has 1 rings (SSSR count). The van der Waals surface area contributed by atoms with Gasteiger partial charge in [-0.1, -0.05) is 32.0 Å². The number of carbonyl (C=O) groups excluding carboxylic acids is 1. The van der Waals surface area contributed by atoms with Crippen LogP contribution in [-0.2, 0) is 9.53 Å². The third-order valence-corrected chi connectivity index (χ3v) is 3.16. The second-order valence-corrected chi connectivity index (χ2v) is 5.43. The third-order valence-electron chi connectivity index (χ3n) is 3.16. The van der Waals surface area contributed by atoms with Crippen molar-refractivity contribution in [2.24, 2.45) is 5.73 Å². The van der Waals surface area contributed by atoms with Gasteiger partial charge in [-0.15, -0.1) is 0 Å². The van der Waals surface area contributed by atoms with Gasteiger partial charge in [-0.05, 0) is 31.4 Å². The minimum absolute atomic E-state index is 0.336. The topological polar surface area (TPSA) is 61.5 Å². The normalized spacial score (nSPS) is 13.9. The molecule has 0 aliphatic carbocycles. The summed E-state index contributed by atoms with van der Waals surface area (Å²) in [7, 11) is 0. The third kappa shape index (κ3) is 4.53. The molecule has 0 bridgehead atoms. The van der Waals surface area contributed by atoms with Crippen molar-refractivity contribution in [3.63, 3.8) is 0 Å². The Bertz CT molecular complexity index is 441. The van der Waals surface area contributed by atoms with Gasteiger partial charge < -0.3 is 15.2 Å². The highest BCUT2D eigenvalue weighted by Gasteiger charge is 2.29. The van der Waals surface area contributed by atoms with Gasteiger partial charge in [0.25, 0.3) is 0 Å². The van der Waals surface area contributed by atoms with Crippen molar-refractivity contribution in [2.75, 3.05) is 13.2 Å². The minimum atomic E-state index is -1.01. The van der Waals surface area contributed by atoms with E-state index in [1.165, 1.54) is 0 Å². The number of esters is 1. The van der Waals surface area contributed by atoms with Gasteiger partial charge in [0, 0.05) is 6.42 Å². The van der Waals surface area contributed by atoms with Crippen molar-refractivity contribution >= 4 is 5.97 Å². The Kier molecular flexibility index (Phi) is 6.02. The van der Waals surface area contributed by atoms with Crippen LogP contribution < -0.4 is 10.5 Å². The first-order valence-electron chi connectivity index (χ1n) is 7.06. The van der Waals surface area contributed by atoms with E-state index in [2.05, 4.69) is 13.8 Å². The summed E-state index contributed by atoms with van der Waals surface area (Å²) in [5.41, 5.74) is 6.10. The number of hydrogen-bond donors (Lipinski definition) is 1. The standard InChI is InChI=1S/C16H25NO3/c1-5-19-15(18)16(4,17)10-11-20-14-9-7-6-8-13(14)12(2)3/h6-9,12H,5,10-11,17H2,1-4H3. The van der Waals surface area contributed by atoms with Crippen molar-refractivity contribution in [1.82, 2.24) is 0 Å². The predicted molar refractivity (Wildman–Crippen MR) is 79.9 cm³/mol. The molecule has 0 aliphatic heterocycles. The predicted octanol–water partition coefficient (Wildman–Crippen LogP) is 2.86. The highest BCUT2D eigenvalue weighted by molar-refractivity contribution is 5.79. The molecule has 2 N–H and O–H groups in total. The average molecular weight is 279 g/mol. The number of carbonyl (C=O) groups is 1. The summed E-state index contributed by atoms with van der Waals surface area (Å²) in [5.74, 6) is 0.850. The monoisotopic (exact) mass is 279 g/mol. The van der Waals surface area contributed by atoms with Crippen LogP contribution in [0.1, 0.15) is 45.6 Å². The highest BCUT2D eigenvalue weighted by atomic mass is 16.5. The molecular weight excluding hydrogens is 254 g/mol. The fourth-order valence-electron chi connectivity index (χ4n) is 1.86. The van der Waals surface area contributed by atoms with Crippen LogP contribution in [-0.4, -0.2) is 24.7 Å². The largest absolute Gasteiger partial charge is 0.493 e. The molecule has 0 saturated carbocycles. The molecule has 0 heterocycles. The Hall–Kier alpha value is -1.55. The van der Waals surface area contributed by atoms with Gasteiger partial charge in [-0.3, -0.25) is 4.79 Å². The molecule has 0 aromatic heterocycles. The number of hydrogen-bond acceptors (Lipinski definition) is 4. The molecule has 112 valence electrons.